The van der Waals surface area contributed by atoms with Gasteiger partial charge in [-0.2, -0.15) is 0 Å². The zero-order valence-corrected chi connectivity index (χ0v) is 13.9. The standard InChI is InChI=1S/C15H24N2O6/c1-5-22-13(20)11(12(19)9-6-7-9)17-10(18)8-16-14(21)23-15(2,3)4/h9,11H,5-8H2,1-4H3,(H,16,21)(H,17,18). The molecule has 0 aromatic heterocycles. The summed E-state index contributed by atoms with van der Waals surface area (Å²) in [6.07, 6.45) is 0.662. The lowest BCUT2D eigenvalue weighted by Gasteiger charge is -2.20. The topological polar surface area (TPSA) is 111 Å². The Labute approximate surface area is 135 Å². The van der Waals surface area contributed by atoms with Gasteiger partial charge in [0.15, 0.2) is 11.8 Å². The third-order valence-corrected chi connectivity index (χ3v) is 2.88. The van der Waals surface area contributed by atoms with Crippen LogP contribution in [0.2, 0.25) is 0 Å². The lowest BCUT2D eigenvalue weighted by atomic mass is 10.1. The Balaban J connectivity index is 2.51. The number of amides is 2. The zero-order chi connectivity index (χ0) is 17.6. The Morgan fingerprint density at radius 2 is 1.78 bits per heavy atom. The van der Waals surface area contributed by atoms with Crippen molar-refractivity contribution >= 4 is 23.8 Å². The molecule has 8 nitrogen and oxygen atoms in total. The van der Waals surface area contributed by atoms with Crippen molar-refractivity contribution in [3.05, 3.63) is 0 Å². The summed E-state index contributed by atoms with van der Waals surface area (Å²) in [5, 5.41) is 4.57. The summed E-state index contributed by atoms with van der Waals surface area (Å²) < 4.78 is 9.80. The minimum Gasteiger partial charge on any atom is -0.464 e. The van der Waals surface area contributed by atoms with Gasteiger partial charge in [-0.25, -0.2) is 9.59 Å². The first-order valence-electron chi connectivity index (χ1n) is 7.60. The fourth-order valence-corrected chi connectivity index (χ4v) is 1.75. The van der Waals surface area contributed by atoms with E-state index in [1.54, 1.807) is 27.7 Å². The Morgan fingerprint density at radius 1 is 1.17 bits per heavy atom. The van der Waals surface area contributed by atoms with E-state index >= 15 is 0 Å². The molecule has 2 amide bonds. The smallest absolute Gasteiger partial charge is 0.408 e. The van der Waals surface area contributed by atoms with Crippen LogP contribution in [0.3, 0.4) is 0 Å². The van der Waals surface area contributed by atoms with E-state index in [1.807, 2.05) is 0 Å². The van der Waals surface area contributed by atoms with Crippen molar-refractivity contribution in [3.8, 4) is 0 Å². The fourth-order valence-electron chi connectivity index (χ4n) is 1.75. The summed E-state index contributed by atoms with van der Waals surface area (Å²) in [6, 6.07) is -1.32. The molecule has 0 aliphatic heterocycles. The number of alkyl carbamates (subject to hydrolysis) is 1. The molecule has 1 fully saturated rings. The van der Waals surface area contributed by atoms with Crippen molar-refractivity contribution in [2.75, 3.05) is 13.2 Å². The maximum Gasteiger partial charge on any atom is 0.408 e. The molecule has 1 saturated carbocycles. The van der Waals surface area contributed by atoms with Crippen LogP contribution in [0.15, 0.2) is 0 Å². The van der Waals surface area contributed by atoms with Crippen molar-refractivity contribution in [3.63, 3.8) is 0 Å². The van der Waals surface area contributed by atoms with E-state index in [2.05, 4.69) is 10.6 Å². The van der Waals surface area contributed by atoms with Gasteiger partial charge in [-0.3, -0.25) is 9.59 Å². The number of hydrogen-bond acceptors (Lipinski definition) is 6. The van der Waals surface area contributed by atoms with Gasteiger partial charge in [-0.1, -0.05) is 0 Å². The highest BCUT2D eigenvalue weighted by atomic mass is 16.6. The van der Waals surface area contributed by atoms with Gasteiger partial charge in [0.25, 0.3) is 0 Å². The lowest BCUT2D eigenvalue weighted by molar-refractivity contribution is -0.150. The first-order valence-corrected chi connectivity index (χ1v) is 7.60. The monoisotopic (exact) mass is 328 g/mol. The van der Waals surface area contributed by atoms with Crippen LogP contribution in [0.5, 0.6) is 0 Å². The largest absolute Gasteiger partial charge is 0.464 e. The highest BCUT2D eigenvalue weighted by Crippen LogP contribution is 2.31. The molecule has 0 radical (unpaired) electrons. The first-order chi connectivity index (χ1) is 10.6. The Bertz CT molecular complexity index is 479. The summed E-state index contributed by atoms with van der Waals surface area (Å²) in [5.41, 5.74) is -0.685. The number of hydrogen-bond donors (Lipinski definition) is 2. The molecule has 8 heteroatoms. The Kier molecular flexibility index (Phi) is 6.53. The second-order valence-electron chi connectivity index (χ2n) is 6.28. The van der Waals surface area contributed by atoms with Gasteiger partial charge < -0.3 is 20.1 Å². The maximum atomic E-state index is 12.1. The molecule has 1 aliphatic rings. The van der Waals surface area contributed by atoms with Crippen molar-refractivity contribution in [2.24, 2.45) is 5.92 Å². The highest BCUT2D eigenvalue weighted by molar-refractivity contribution is 6.07. The van der Waals surface area contributed by atoms with Crippen LogP contribution in [0.4, 0.5) is 4.79 Å². The number of carbonyl (C=O) groups excluding carboxylic acids is 4. The number of rotatable bonds is 7. The summed E-state index contributed by atoms with van der Waals surface area (Å²) in [5.74, 6) is -2.00. The molecular formula is C15H24N2O6. The van der Waals surface area contributed by atoms with E-state index in [-0.39, 0.29) is 18.3 Å². The normalized spacial score (nSPS) is 15.3. The zero-order valence-electron chi connectivity index (χ0n) is 13.9. The molecule has 0 spiro atoms. The molecule has 0 heterocycles. The lowest BCUT2D eigenvalue weighted by Crippen LogP contribution is -2.51. The third kappa shape index (κ3) is 7.12. The van der Waals surface area contributed by atoms with Gasteiger partial charge in [0, 0.05) is 5.92 Å². The second kappa shape index (κ2) is 7.94. The van der Waals surface area contributed by atoms with E-state index in [4.69, 9.17) is 9.47 Å². The maximum absolute atomic E-state index is 12.1. The van der Waals surface area contributed by atoms with Crippen molar-refractivity contribution in [1.82, 2.24) is 10.6 Å². The molecule has 2 N–H and O–H groups in total. The van der Waals surface area contributed by atoms with E-state index in [0.717, 1.165) is 0 Å². The molecule has 1 atom stereocenters. The number of nitrogens with one attached hydrogen (secondary N) is 2. The SMILES string of the molecule is CCOC(=O)C(NC(=O)CNC(=O)OC(C)(C)C)C(=O)C1CC1. The van der Waals surface area contributed by atoms with Gasteiger partial charge in [0.2, 0.25) is 5.91 Å². The number of carbonyl (C=O) groups is 4. The Hall–Kier alpha value is -2.12. The van der Waals surface area contributed by atoms with Gasteiger partial charge >= 0.3 is 12.1 Å². The Morgan fingerprint density at radius 3 is 2.26 bits per heavy atom. The fraction of sp³-hybridized carbons (Fsp3) is 0.733. The summed E-state index contributed by atoms with van der Waals surface area (Å²) in [6.45, 7) is 6.40. The molecule has 0 bridgehead atoms. The number of Topliss-reactive ketones (excluding diaryl/α,β-unsaturated/α-hetero) is 1. The first kappa shape index (κ1) is 18.9. The predicted molar refractivity (Wildman–Crippen MR) is 80.5 cm³/mol. The summed E-state index contributed by atoms with van der Waals surface area (Å²) in [7, 11) is 0. The van der Waals surface area contributed by atoms with Crippen LogP contribution in [0, 0.1) is 5.92 Å². The molecule has 1 rings (SSSR count). The van der Waals surface area contributed by atoms with Crippen LogP contribution in [-0.4, -0.2) is 48.5 Å². The minimum atomic E-state index is -1.32. The molecule has 1 aliphatic carbocycles. The quantitative estimate of drug-likeness (QED) is 0.521. The molecule has 23 heavy (non-hydrogen) atoms. The van der Waals surface area contributed by atoms with Crippen molar-refractivity contribution in [2.45, 2.75) is 52.2 Å². The molecule has 1 unspecified atom stereocenters. The van der Waals surface area contributed by atoms with E-state index in [9.17, 15) is 19.2 Å². The van der Waals surface area contributed by atoms with Crippen LogP contribution in [0.1, 0.15) is 40.5 Å². The molecule has 0 aromatic rings. The number of esters is 1. The van der Waals surface area contributed by atoms with Crippen molar-refractivity contribution in [1.29, 1.82) is 0 Å². The minimum absolute atomic E-state index is 0.110. The van der Waals surface area contributed by atoms with Gasteiger partial charge in [0.05, 0.1) is 6.61 Å². The van der Waals surface area contributed by atoms with E-state index in [1.165, 1.54) is 0 Å². The number of ketones is 1. The molecule has 0 saturated heterocycles. The average molecular weight is 328 g/mol. The summed E-state index contributed by atoms with van der Waals surface area (Å²) in [4.78, 5) is 47.2. The highest BCUT2D eigenvalue weighted by Gasteiger charge is 2.40. The van der Waals surface area contributed by atoms with Gasteiger partial charge in [-0.05, 0) is 40.5 Å². The van der Waals surface area contributed by atoms with Crippen LogP contribution in [0.25, 0.3) is 0 Å². The summed E-state index contributed by atoms with van der Waals surface area (Å²) >= 11 is 0. The second-order valence-corrected chi connectivity index (χ2v) is 6.28. The van der Waals surface area contributed by atoms with Crippen LogP contribution in [-0.2, 0) is 23.9 Å². The van der Waals surface area contributed by atoms with Crippen LogP contribution >= 0.6 is 0 Å². The molecule has 0 aromatic carbocycles. The van der Waals surface area contributed by atoms with Gasteiger partial charge in [0.1, 0.15) is 12.1 Å². The van der Waals surface area contributed by atoms with Crippen LogP contribution < -0.4 is 10.6 Å². The van der Waals surface area contributed by atoms with E-state index in [0.29, 0.717) is 12.8 Å². The third-order valence-electron chi connectivity index (χ3n) is 2.88. The number of ether oxygens (including phenoxy) is 2. The predicted octanol–water partition coefficient (Wildman–Crippen LogP) is 0.538. The van der Waals surface area contributed by atoms with E-state index < -0.39 is 36.2 Å². The van der Waals surface area contributed by atoms with Gasteiger partial charge in [-0.15, -0.1) is 0 Å². The van der Waals surface area contributed by atoms with Crippen molar-refractivity contribution < 1.29 is 28.7 Å². The molecule has 130 valence electrons. The average Bonchev–Trinajstić information content (AvgIpc) is 3.24. The molecular weight excluding hydrogens is 304 g/mol.